The average molecular weight is 175 g/mol. The van der Waals surface area contributed by atoms with Crippen LogP contribution in [-0.4, -0.2) is 28.8 Å². The maximum atomic E-state index is 11.3. The lowest BCUT2D eigenvalue weighted by Crippen LogP contribution is -2.44. The molecular formula is C8H17NOS. The maximum Gasteiger partial charge on any atom is 0.0287 e. The lowest BCUT2D eigenvalue weighted by atomic mass is 10.1. The Labute approximate surface area is 71.2 Å². The first-order chi connectivity index (χ1) is 5.33. The molecule has 66 valence electrons. The summed E-state index contributed by atoms with van der Waals surface area (Å²) in [5.41, 5.74) is 0. The van der Waals surface area contributed by atoms with Crippen molar-refractivity contribution in [3.63, 3.8) is 0 Å². The fourth-order valence-electron chi connectivity index (χ4n) is 1.12. The Morgan fingerprint density at radius 1 is 1.55 bits per heavy atom. The van der Waals surface area contributed by atoms with Gasteiger partial charge in [0.2, 0.25) is 0 Å². The van der Waals surface area contributed by atoms with Crippen molar-refractivity contribution in [3.8, 4) is 0 Å². The Bertz CT molecular complexity index is 134. The van der Waals surface area contributed by atoms with Crippen LogP contribution < -0.4 is 5.32 Å². The van der Waals surface area contributed by atoms with Gasteiger partial charge < -0.3 is 5.32 Å². The summed E-state index contributed by atoms with van der Waals surface area (Å²) in [7, 11) is -0.539. The van der Waals surface area contributed by atoms with Crippen LogP contribution in [0.1, 0.15) is 19.8 Å². The topological polar surface area (TPSA) is 29.1 Å². The van der Waals surface area contributed by atoms with Crippen molar-refractivity contribution < 1.29 is 4.21 Å². The van der Waals surface area contributed by atoms with Crippen molar-refractivity contribution in [2.45, 2.75) is 19.8 Å². The van der Waals surface area contributed by atoms with E-state index in [1.54, 1.807) is 0 Å². The van der Waals surface area contributed by atoms with Crippen LogP contribution in [0.15, 0.2) is 0 Å². The first-order valence-corrected chi connectivity index (χ1v) is 5.87. The zero-order chi connectivity index (χ0) is 8.10. The van der Waals surface area contributed by atoms with Gasteiger partial charge in [0.05, 0.1) is 0 Å². The van der Waals surface area contributed by atoms with E-state index in [-0.39, 0.29) is 0 Å². The monoisotopic (exact) mass is 175 g/mol. The van der Waals surface area contributed by atoms with Crippen LogP contribution >= 0.6 is 0 Å². The third-order valence-corrected chi connectivity index (χ3v) is 3.60. The van der Waals surface area contributed by atoms with Crippen LogP contribution in [0.4, 0.5) is 0 Å². The molecule has 1 saturated heterocycles. The van der Waals surface area contributed by atoms with E-state index in [2.05, 4.69) is 12.2 Å². The molecule has 1 rings (SSSR count). The molecule has 1 heterocycles. The molecule has 0 aromatic carbocycles. The average Bonchev–Trinajstić information content (AvgIpc) is 1.93. The van der Waals surface area contributed by atoms with Gasteiger partial charge in [0.15, 0.2) is 0 Å². The summed E-state index contributed by atoms with van der Waals surface area (Å²) in [5, 5.41) is 3.19. The summed E-state index contributed by atoms with van der Waals surface area (Å²) in [6, 6.07) is 0. The Kier molecular flexibility index (Phi) is 4.08. The van der Waals surface area contributed by atoms with Crippen molar-refractivity contribution in [2.75, 3.05) is 24.6 Å². The van der Waals surface area contributed by atoms with Gasteiger partial charge in [0.25, 0.3) is 0 Å². The summed E-state index contributed by atoms with van der Waals surface area (Å²) in [6.45, 7) is 4.30. The molecule has 0 amide bonds. The van der Waals surface area contributed by atoms with Gasteiger partial charge in [-0.05, 0) is 12.3 Å². The molecule has 0 radical (unpaired) electrons. The molecule has 0 spiro atoms. The highest BCUT2D eigenvalue weighted by Crippen LogP contribution is 2.05. The molecule has 11 heavy (non-hydrogen) atoms. The van der Waals surface area contributed by atoms with Crippen LogP contribution in [0, 0.1) is 5.92 Å². The highest BCUT2D eigenvalue weighted by Gasteiger charge is 2.18. The van der Waals surface area contributed by atoms with E-state index in [0.717, 1.165) is 37.4 Å². The first kappa shape index (κ1) is 9.20. The minimum Gasteiger partial charge on any atom is -0.316 e. The van der Waals surface area contributed by atoms with Crippen LogP contribution in [0.25, 0.3) is 0 Å². The van der Waals surface area contributed by atoms with Gasteiger partial charge in [-0.2, -0.15) is 0 Å². The van der Waals surface area contributed by atoms with Crippen LogP contribution in [-0.2, 0) is 10.8 Å². The minimum absolute atomic E-state index is 0.539. The second kappa shape index (κ2) is 4.88. The van der Waals surface area contributed by atoms with E-state index in [4.69, 9.17) is 0 Å². The van der Waals surface area contributed by atoms with Gasteiger partial charge in [0.1, 0.15) is 0 Å². The normalized spacial score (nSPS) is 21.2. The predicted molar refractivity (Wildman–Crippen MR) is 49.1 cm³/mol. The minimum atomic E-state index is -0.539. The Balaban J connectivity index is 2.00. The smallest absolute Gasteiger partial charge is 0.0287 e. The summed E-state index contributed by atoms with van der Waals surface area (Å²) >= 11 is 0. The third-order valence-electron chi connectivity index (χ3n) is 2.01. The van der Waals surface area contributed by atoms with E-state index < -0.39 is 10.8 Å². The SMILES string of the molecule is CCCCS(=O)CC1CNC1. The second-order valence-corrected chi connectivity index (χ2v) is 4.81. The van der Waals surface area contributed by atoms with Crippen molar-refractivity contribution in [3.05, 3.63) is 0 Å². The summed E-state index contributed by atoms with van der Waals surface area (Å²) < 4.78 is 11.3. The molecule has 0 aromatic heterocycles. The van der Waals surface area contributed by atoms with Crippen molar-refractivity contribution >= 4 is 10.8 Å². The van der Waals surface area contributed by atoms with Crippen molar-refractivity contribution in [1.82, 2.24) is 5.32 Å². The zero-order valence-electron chi connectivity index (χ0n) is 7.14. The molecule has 0 aliphatic carbocycles. The number of nitrogens with one attached hydrogen (secondary N) is 1. The largest absolute Gasteiger partial charge is 0.316 e. The fraction of sp³-hybridized carbons (Fsp3) is 1.00. The summed E-state index contributed by atoms with van der Waals surface area (Å²) in [6.07, 6.45) is 2.28. The molecule has 1 N–H and O–H groups in total. The molecule has 1 aliphatic rings. The Hall–Kier alpha value is 0.110. The molecule has 2 nitrogen and oxygen atoms in total. The lowest BCUT2D eigenvalue weighted by molar-refractivity contribution is 0.382. The molecule has 0 aromatic rings. The summed E-state index contributed by atoms with van der Waals surface area (Å²) in [5.74, 6) is 2.53. The zero-order valence-corrected chi connectivity index (χ0v) is 7.95. The highest BCUT2D eigenvalue weighted by atomic mass is 32.2. The molecular weight excluding hydrogens is 158 g/mol. The van der Waals surface area contributed by atoms with Crippen LogP contribution in [0.5, 0.6) is 0 Å². The number of hydrogen-bond acceptors (Lipinski definition) is 2. The van der Waals surface area contributed by atoms with E-state index in [0.29, 0.717) is 5.92 Å². The molecule has 0 bridgehead atoms. The highest BCUT2D eigenvalue weighted by molar-refractivity contribution is 7.84. The van der Waals surface area contributed by atoms with Crippen molar-refractivity contribution in [1.29, 1.82) is 0 Å². The van der Waals surface area contributed by atoms with Crippen molar-refractivity contribution in [2.24, 2.45) is 5.92 Å². The van der Waals surface area contributed by atoms with Crippen LogP contribution in [0.3, 0.4) is 0 Å². The Morgan fingerprint density at radius 3 is 2.73 bits per heavy atom. The number of rotatable bonds is 5. The van der Waals surface area contributed by atoms with E-state index in [9.17, 15) is 4.21 Å². The second-order valence-electron chi connectivity index (χ2n) is 3.19. The van der Waals surface area contributed by atoms with E-state index >= 15 is 0 Å². The molecule has 1 unspecified atom stereocenters. The van der Waals surface area contributed by atoms with Gasteiger partial charge in [-0.1, -0.05) is 13.3 Å². The Morgan fingerprint density at radius 2 is 2.27 bits per heavy atom. The molecule has 1 aliphatic heterocycles. The summed E-state index contributed by atoms with van der Waals surface area (Å²) in [4.78, 5) is 0. The maximum absolute atomic E-state index is 11.3. The standard InChI is InChI=1S/C8H17NOS/c1-2-3-4-11(10)7-8-5-9-6-8/h8-9H,2-7H2,1H3. The van der Waals surface area contributed by atoms with Gasteiger partial charge in [-0.25, -0.2) is 0 Å². The number of hydrogen-bond donors (Lipinski definition) is 1. The molecule has 1 atom stereocenters. The first-order valence-electron chi connectivity index (χ1n) is 4.38. The van der Waals surface area contributed by atoms with Crippen LogP contribution in [0.2, 0.25) is 0 Å². The third kappa shape index (κ3) is 3.34. The fourth-order valence-corrected chi connectivity index (χ4v) is 2.66. The van der Waals surface area contributed by atoms with Gasteiger partial charge in [-0.3, -0.25) is 4.21 Å². The van der Waals surface area contributed by atoms with Gasteiger partial charge in [0, 0.05) is 35.4 Å². The number of unbranched alkanes of at least 4 members (excludes halogenated alkanes) is 1. The van der Waals surface area contributed by atoms with Gasteiger partial charge in [-0.15, -0.1) is 0 Å². The predicted octanol–water partition coefficient (Wildman–Crippen LogP) is 0.755. The molecule has 0 saturated carbocycles. The quantitative estimate of drug-likeness (QED) is 0.668. The molecule has 3 heteroatoms. The van der Waals surface area contributed by atoms with E-state index in [1.165, 1.54) is 0 Å². The van der Waals surface area contributed by atoms with Gasteiger partial charge >= 0.3 is 0 Å². The molecule has 1 fully saturated rings. The lowest BCUT2D eigenvalue weighted by Gasteiger charge is -2.26. The van der Waals surface area contributed by atoms with E-state index in [1.807, 2.05) is 0 Å².